The van der Waals surface area contributed by atoms with Gasteiger partial charge in [-0.1, -0.05) is 66.2 Å². The zero-order valence-electron chi connectivity index (χ0n) is 13.0. The third-order valence-electron chi connectivity index (χ3n) is 3.39. The maximum Gasteiger partial charge on any atom is 1.00 e. The van der Waals surface area contributed by atoms with E-state index >= 15 is 0 Å². The molecule has 0 heterocycles. The maximum atomic E-state index is 10.4. The molecule has 0 saturated carbocycles. The predicted molar refractivity (Wildman–Crippen MR) is 70.5 cm³/mol. The smallest absolute Gasteiger partial charge is 0.550 e. The van der Waals surface area contributed by atoms with Crippen molar-refractivity contribution in [3.63, 3.8) is 0 Å². The molecule has 2 nitrogen and oxygen atoms in total. The zero-order chi connectivity index (χ0) is 13.3. The third-order valence-corrected chi connectivity index (χ3v) is 3.39. The Hall–Kier alpha value is 0.470. The van der Waals surface area contributed by atoms with E-state index in [1.54, 1.807) is 0 Å². The number of carboxylic acids is 1. The Morgan fingerprint density at radius 3 is 1.78 bits per heavy atom. The van der Waals surface area contributed by atoms with E-state index in [1.165, 1.54) is 25.7 Å². The van der Waals surface area contributed by atoms with E-state index in [0.717, 1.165) is 24.7 Å². The summed E-state index contributed by atoms with van der Waals surface area (Å²) in [4.78, 5) is 10.4. The summed E-state index contributed by atoms with van der Waals surface area (Å²) in [6.07, 6.45) is 7.57. The number of carboxylic acid groups (broad SMARTS) is 1. The molecule has 0 aliphatic heterocycles. The number of carbonyl (C=O) groups is 1. The number of rotatable bonds is 10. The molecule has 0 bridgehead atoms. The van der Waals surface area contributed by atoms with Crippen LogP contribution in [0.5, 0.6) is 0 Å². The van der Waals surface area contributed by atoms with Gasteiger partial charge in [0.2, 0.25) is 0 Å². The SMILES string of the molecule is CC(C)CCCC(C)CCCC(C)CC(=O)[O-].[Na+]. The Morgan fingerprint density at radius 2 is 1.33 bits per heavy atom. The zero-order valence-corrected chi connectivity index (χ0v) is 15.0. The summed E-state index contributed by atoms with van der Waals surface area (Å²) >= 11 is 0. The van der Waals surface area contributed by atoms with E-state index < -0.39 is 5.97 Å². The Morgan fingerprint density at radius 1 is 0.889 bits per heavy atom. The molecule has 0 radical (unpaired) electrons. The van der Waals surface area contributed by atoms with Gasteiger partial charge in [0.05, 0.1) is 0 Å². The van der Waals surface area contributed by atoms with Gasteiger partial charge in [0.15, 0.2) is 0 Å². The van der Waals surface area contributed by atoms with Crippen LogP contribution in [-0.4, -0.2) is 5.97 Å². The molecule has 0 amide bonds. The van der Waals surface area contributed by atoms with Crippen molar-refractivity contribution in [2.45, 2.75) is 72.6 Å². The number of hydrogen-bond donors (Lipinski definition) is 0. The summed E-state index contributed by atoms with van der Waals surface area (Å²) in [5.74, 6) is 0.944. The summed E-state index contributed by atoms with van der Waals surface area (Å²) in [5, 5.41) is 10.4. The van der Waals surface area contributed by atoms with Crippen molar-refractivity contribution in [2.75, 3.05) is 0 Å². The van der Waals surface area contributed by atoms with Crippen LogP contribution < -0.4 is 34.7 Å². The van der Waals surface area contributed by atoms with Crippen LogP contribution in [0.1, 0.15) is 72.6 Å². The second-order valence-corrected chi connectivity index (χ2v) is 6.04. The van der Waals surface area contributed by atoms with E-state index in [1.807, 2.05) is 6.92 Å². The van der Waals surface area contributed by atoms with Crippen LogP contribution in [0, 0.1) is 17.8 Å². The van der Waals surface area contributed by atoms with Crippen molar-refractivity contribution >= 4 is 5.97 Å². The van der Waals surface area contributed by atoms with Crippen molar-refractivity contribution < 1.29 is 39.5 Å². The van der Waals surface area contributed by atoms with Crippen molar-refractivity contribution in [3.8, 4) is 0 Å². The van der Waals surface area contributed by atoms with Crippen LogP contribution in [-0.2, 0) is 4.79 Å². The van der Waals surface area contributed by atoms with Crippen LogP contribution >= 0.6 is 0 Å². The molecular formula is C15H29NaO2. The molecule has 0 aromatic heterocycles. The maximum absolute atomic E-state index is 10.4. The summed E-state index contributed by atoms with van der Waals surface area (Å²) in [6, 6.07) is 0. The van der Waals surface area contributed by atoms with Gasteiger partial charge in [-0.3, -0.25) is 0 Å². The van der Waals surface area contributed by atoms with E-state index in [2.05, 4.69) is 20.8 Å². The molecule has 0 aliphatic carbocycles. The van der Waals surface area contributed by atoms with Crippen LogP contribution in [0.25, 0.3) is 0 Å². The molecule has 0 spiro atoms. The first kappa shape index (κ1) is 20.8. The number of carbonyl (C=O) groups excluding carboxylic acids is 1. The van der Waals surface area contributed by atoms with Gasteiger partial charge in [-0.15, -0.1) is 0 Å². The Balaban J connectivity index is 0. The fraction of sp³-hybridized carbons (Fsp3) is 0.933. The van der Waals surface area contributed by atoms with Gasteiger partial charge in [0.25, 0.3) is 0 Å². The van der Waals surface area contributed by atoms with Gasteiger partial charge in [-0.05, 0) is 24.2 Å². The van der Waals surface area contributed by atoms with Gasteiger partial charge in [0, 0.05) is 5.97 Å². The standard InChI is InChI=1S/C15H30O2.Na/c1-12(2)7-5-8-13(3)9-6-10-14(4)11-15(16)17;/h12-14H,5-11H2,1-4H3,(H,16,17);/q;+1/p-1. The Bertz CT molecular complexity index is 205. The number of hydrogen-bond acceptors (Lipinski definition) is 2. The predicted octanol–water partition coefficient (Wildman–Crippen LogP) is 0.399. The van der Waals surface area contributed by atoms with Gasteiger partial charge in [-0.2, -0.15) is 0 Å². The molecule has 0 aromatic rings. The second kappa shape index (κ2) is 12.5. The number of aliphatic carboxylic acids is 1. The minimum atomic E-state index is -0.914. The summed E-state index contributed by atoms with van der Waals surface area (Å²) in [5.41, 5.74) is 0. The van der Waals surface area contributed by atoms with Crippen molar-refractivity contribution in [1.82, 2.24) is 0 Å². The van der Waals surface area contributed by atoms with Crippen molar-refractivity contribution in [1.29, 1.82) is 0 Å². The van der Waals surface area contributed by atoms with E-state index in [-0.39, 0.29) is 41.9 Å². The van der Waals surface area contributed by atoms with Crippen molar-refractivity contribution in [2.24, 2.45) is 17.8 Å². The van der Waals surface area contributed by atoms with Crippen LogP contribution in [0.2, 0.25) is 0 Å². The first-order valence-electron chi connectivity index (χ1n) is 7.11. The average Bonchev–Trinajstić information content (AvgIpc) is 2.15. The van der Waals surface area contributed by atoms with E-state index in [0.29, 0.717) is 0 Å². The van der Waals surface area contributed by atoms with Crippen LogP contribution in [0.15, 0.2) is 0 Å². The van der Waals surface area contributed by atoms with Gasteiger partial charge < -0.3 is 9.90 Å². The molecule has 102 valence electrons. The molecule has 0 fully saturated rings. The third kappa shape index (κ3) is 14.5. The molecule has 18 heavy (non-hydrogen) atoms. The molecule has 2 unspecified atom stereocenters. The topological polar surface area (TPSA) is 40.1 Å². The largest absolute Gasteiger partial charge is 1.00 e. The second-order valence-electron chi connectivity index (χ2n) is 6.04. The minimum Gasteiger partial charge on any atom is -0.550 e. The quantitative estimate of drug-likeness (QED) is 0.536. The molecule has 3 heteroatoms. The average molecular weight is 264 g/mol. The van der Waals surface area contributed by atoms with Crippen LogP contribution in [0.4, 0.5) is 0 Å². The molecule has 0 aromatic carbocycles. The molecule has 2 atom stereocenters. The molecule has 0 saturated heterocycles. The normalized spacial score (nSPS) is 14.1. The summed E-state index contributed by atoms with van der Waals surface area (Å²) in [7, 11) is 0. The molecule has 0 aliphatic rings. The van der Waals surface area contributed by atoms with Crippen molar-refractivity contribution in [3.05, 3.63) is 0 Å². The molecule has 0 rings (SSSR count). The first-order chi connectivity index (χ1) is 7.91. The fourth-order valence-electron chi connectivity index (χ4n) is 2.22. The Kier molecular flexibility index (Phi) is 14.4. The van der Waals surface area contributed by atoms with Gasteiger partial charge in [-0.25, -0.2) is 0 Å². The molecule has 0 N–H and O–H groups in total. The summed E-state index contributed by atoms with van der Waals surface area (Å²) in [6.45, 7) is 8.85. The van der Waals surface area contributed by atoms with Crippen LogP contribution in [0.3, 0.4) is 0 Å². The van der Waals surface area contributed by atoms with Gasteiger partial charge in [0.1, 0.15) is 0 Å². The molecular weight excluding hydrogens is 235 g/mol. The fourth-order valence-corrected chi connectivity index (χ4v) is 2.22. The summed E-state index contributed by atoms with van der Waals surface area (Å²) < 4.78 is 0. The monoisotopic (exact) mass is 264 g/mol. The first-order valence-corrected chi connectivity index (χ1v) is 7.11. The van der Waals surface area contributed by atoms with Gasteiger partial charge >= 0.3 is 29.6 Å². The van der Waals surface area contributed by atoms with E-state index in [9.17, 15) is 9.90 Å². The van der Waals surface area contributed by atoms with E-state index in [4.69, 9.17) is 0 Å². The minimum absolute atomic E-state index is 0. The Labute approximate surface area is 135 Å².